The zero-order chi connectivity index (χ0) is 13.2. The summed E-state index contributed by atoms with van der Waals surface area (Å²) in [4.78, 5) is 2.29. The SMILES string of the molecule is COCCCNCCN(C)Cc1cccc(Cl)c1. The maximum atomic E-state index is 5.96. The summed E-state index contributed by atoms with van der Waals surface area (Å²) in [5.41, 5.74) is 1.25. The lowest BCUT2D eigenvalue weighted by molar-refractivity contribution is 0.194. The van der Waals surface area contributed by atoms with Crippen molar-refractivity contribution in [2.45, 2.75) is 13.0 Å². The molecule has 0 aliphatic rings. The Kier molecular flexibility index (Phi) is 8.01. The van der Waals surface area contributed by atoms with Crippen molar-refractivity contribution in [3.05, 3.63) is 34.9 Å². The van der Waals surface area contributed by atoms with Crippen LogP contribution in [0.15, 0.2) is 24.3 Å². The molecule has 1 N–H and O–H groups in total. The van der Waals surface area contributed by atoms with Crippen molar-refractivity contribution < 1.29 is 4.74 Å². The van der Waals surface area contributed by atoms with Gasteiger partial charge in [0.15, 0.2) is 0 Å². The fourth-order valence-electron chi connectivity index (χ4n) is 1.76. The normalized spacial score (nSPS) is 11.1. The van der Waals surface area contributed by atoms with E-state index in [0.717, 1.165) is 44.2 Å². The van der Waals surface area contributed by atoms with Crippen LogP contribution >= 0.6 is 11.6 Å². The average molecular weight is 271 g/mol. The molecule has 3 nitrogen and oxygen atoms in total. The van der Waals surface area contributed by atoms with Gasteiger partial charge in [0.25, 0.3) is 0 Å². The molecular weight excluding hydrogens is 248 g/mol. The molecule has 0 aliphatic heterocycles. The number of benzene rings is 1. The van der Waals surface area contributed by atoms with E-state index in [-0.39, 0.29) is 0 Å². The summed E-state index contributed by atoms with van der Waals surface area (Å²) in [6, 6.07) is 8.02. The summed E-state index contributed by atoms with van der Waals surface area (Å²) in [6.45, 7) is 4.80. The first-order chi connectivity index (χ1) is 8.72. The maximum absolute atomic E-state index is 5.96. The molecule has 0 spiro atoms. The quantitative estimate of drug-likeness (QED) is 0.698. The lowest BCUT2D eigenvalue weighted by Crippen LogP contribution is -2.29. The van der Waals surface area contributed by atoms with Gasteiger partial charge in [-0.1, -0.05) is 23.7 Å². The molecule has 0 fully saturated rings. The van der Waals surface area contributed by atoms with Gasteiger partial charge in [0.05, 0.1) is 0 Å². The maximum Gasteiger partial charge on any atom is 0.0474 e. The van der Waals surface area contributed by atoms with E-state index in [0.29, 0.717) is 0 Å². The molecule has 0 aliphatic carbocycles. The monoisotopic (exact) mass is 270 g/mol. The van der Waals surface area contributed by atoms with Gasteiger partial charge in [-0.25, -0.2) is 0 Å². The van der Waals surface area contributed by atoms with Crippen LogP contribution in [-0.4, -0.2) is 45.3 Å². The molecule has 4 heteroatoms. The zero-order valence-electron chi connectivity index (χ0n) is 11.3. The van der Waals surface area contributed by atoms with Crippen molar-refractivity contribution in [2.75, 3.05) is 40.4 Å². The van der Waals surface area contributed by atoms with Crippen LogP contribution in [0.3, 0.4) is 0 Å². The van der Waals surface area contributed by atoms with Crippen molar-refractivity contribution in [1.82, 2.24) is 10.2 Å². The van der Waals surface area contributed by atoms with Crippen LogP contribution in [0.5, 0.6) is 0 Å². The number of hydrogen-bond donors (Lipinski definition) is 1. The van der Waals surface area contributed by atoms with Gasteiger partial charge in [0.2, 0.25) is 0 Å². The van der Waals surface area contributed by atoms with Crippen LogP contribution in [0.25, 0.3) is 0 Å². The third-order valence-electron chi connectivity index (χ3n) is 2.71. The fourth-order valence-corrected chi connectivity index (χ4v) is 1.98. The number of ether oxygens (including phenoxy) is 1. The Balaban J connectivity index is 2.12. The lowest BCUT2D eigenvalue weighted by atomic mass is 10.2. The van der Waals surface area contributed by atoms with E-state index in [1.165, 1.54) is 5.56 Å². The van der Waals surface area contributed by atoms with Gasteiger partial charge in [-0.15, -0.1) is 0 Å². The molecule has 18 heavy (non-hydrogen) atoms. The highest BCUT2D eigenvalue weighted by atomic mass is 35.5. The van der Waals surface area contributed by atoms with Gasteiger partial charge in [0, 0.05) is 38.4 Å². The molecule has 0 saturated heterocycles. The fraction of sp³-hybridized carbons (Fsp3) is 0.571. The molecule has 0 heterocycles. The largest absolute Gasteiger partial charge is 0.385 e. The number of nitrogens with zero attached hydrogens (tertiary/aromatic N) is 1. The van der Waals surface area contributed by atoms with Gasteiger partial charge in [-0.3, -0.25) is 0 Å². The Bertz CT molecular complexity index is 333. The van der Waals surface area contributed by atoms with Gasteiger partial charge in [0.1, 0.15) is 0 Å². The van der Waals surface area contributed by atoms with E-state index in [4.69, 9.17) is 16.3 Å². The van der Waals surface area contributed by atoms with E-state index < -0.39 is 0 Å². The Morgan fingerprint density at radius 3 is 2.89 bits per heavy atom. The number of hydrogen-bond acceptors (Lipinski definition) is 3. The highest BCUT2D eigenvalue weighted by Crippen LogP contribution is 2.11. The van der Waals surface area contributed by atoms with E-state index in [1.807, 2.05) is 18.2 Å². The number of rotatable bonds is 9. The molecule has 0 atom stereocenters. The lowest BCUT2D eigenvalue weighted by Gasteiger charge is -2.17. The topological polar surface area (TPSA) is 24.5 Å². The van der Waals surface area contributed by atoms with Gasteiger partial charge < -0.3 is 15.0 Å². The molecule has 102 valence electrons. The van der Waals surface area contributed by atoms with Crippen molar-refractivity contribution >= 4 is 11.6 Å². The molecule has 1 rings (SSSR count). The zero-order valence-corrected chi connectivity index (χ0v) is 12.0. The second kappa shape index (κ2) is 9.34. The number of nitrogens with one attached hydrogen (secondary N) is 1. The number of methoxy groups -OCH3 is 1. The van der Waals surface area contributed by atoms with Crippen LogP contribution in [0, 0.1) is 0 Å². The second-order valence-electron chi connectivity index (χ2n) is 4.46. The van der Waals surface area contributed by atoms with E-state index >= 15 is 0 Å². The van der Waals surface area contributed by atoms with Crippen LogP contribution in [0.4, 0.5) is 0 Å². The van der Waals surface area contributed by atoms with E-state index in [9.17, 15) is 0 Å². The minimum absolute atomic E-state index is 0.804. The average Bonchev–Trinajstić information content (AvgIpc) is 2.33. The predicted molar refractivity (Wildman–Crippen MR) is 77.1 cm³/mol. The molecule has 0 unspecified atom stereocenters. The van der Waals surface area contributed by atoms with E-state index in [1.54, 1.807) is 7.11 Å². The predicted octanol–water partition coefficient (Wildman–Crippen LogP) is 2.40. The highest BCUT2D eigenvalue weighted by molar-refractivity contribution is 6.30. The molecular formula is C14H23ClN2O. The first-order valence-corrected chi connectivity index (χ1v) is 6.73. The summed E-state index contributed by atoms with van der Waals surface area (Å²) in [6.07, 6.45) is 1.06. The molecule has 0 radical (unpaired) electrons. The molecule has 0 bridgehead atoms. The van der Waals surface area contributed by atoms with Crippen LogP contribution in [0.1, 0.15) is 12.0 Å². The summed E-state index contributed by atoms with van der Waals surface area (Å²) in [5.74, 6) is 0. The molecule has 1 aromatic carbocycles. The Morgan fingerprint density at radius 1 is 1.33 bits per heavy atom. The van der Waals surface area contributed by atoms with E-state index in [2.05, 4.69) is 23.3 Å². The third-order valence-corrected chi connectivity index (χ3v) is 2.95. The molecule has 0 aromatic heterocycles. The second-order valence-corrected chi connectivity index (χ2v) is 4.90. The summed E-state index contributed by atoms with van der Waals surface area (Å²) in [5, 5.41) is 4.20. The molecule has 0 amide bonds. The first-order valence-electron chi connectivity index (χ1n) is 6.35. The Morgan fingerprint density at radius 2 is 2.17 bits per heavy atom. The number of halogens is 1. The van der Waals surface area contributed by atoms with Crippen molar-refractivity contribution in [3.8, 4) is 0 Å². The summed E-state index contributed by atoms with van der Waals surface area (Å²) < 4.78 is 5.00. The highest BCUT2D eigenvalue weighted by Gasteiger charge is 2.00. The minimum atomic E-state index is 0.804. The Labute approximate surface area is 115 Å². The minimum Gasteiger partial charge on any atom is -0.385 e. The van der Waals surface area contributed by atoms with Crippen molar-refractivity contribution in [3.63, 3.8) is 0 Å². The standard InChI is InChI=1S/C14H23ClN2O/c1-17(9-8-16-7-4-10-18-2)12-13-5-3-6-14(15)11-13/h3,5-6,11,16H,4,7-10,12H2,1-2H3. The van der Waals surface area contributed by atoms with Gasteiger partial charge >= 0.3 is 0 Å². The number of likely N-dealkylation sites (N-methyl/N-ethyl adjacent to an activating group) is 1. The summed E-state index contributed by atoms with van der Waals surface area (Å²) in [7, 11) is 3.86. The van der Waals surface area contributed by atoms with Crippen molar-refractivity contribution in [1.29, 1.82) is 0 Å². The van der Waals surface area contributed by atoms with Crippen molar-refractivity contribution in [2.24, 2.45) is 0 Å². The van der Waals surface area contributed by atoms with Crippen LogP contribution in [0.2, 0.25) is 5.02 Å². The van der Waals surface area contributed by atoms with Crippen LogP contribution in [-0.2, 0) is 11.3 Å². The third kappa shape index (κ3) is 6.97. The van der Waals surface area contributed by atoms with Gasteiger partial charge in [-0.05, 0) is 37.7 Å². The van der Waals surface area contributed by atoms with Gasteiger partial charge in [-0.2, -0.15) is 0 Å². The smallest absolute Gasteiger partial charge is 0.0474 e. The summed E-state index contributed by atoms with van der Waals surface area (Å²) >= 11 is 5.96. The first kappa shape index (κ1) is 15.4. The molecule has 0 saturated carbocycles. The van der Waals surface area contributed by atoms with Crippen LogP contribution < -0.4 is 5.32 Å². The Hall–Kier alpha value is -0.610. The molecule has 1 aromatic rings.